The van der Waals surface area contributed by atoms with Crippen molar-refractivity contribution in [3.8, 4) is 11.1 Å². The van der Waals surface area contributed by atoms with Crippen molar-refractivity contribution < 1.29 is 14.4 Å². The first-order valence-corrected chi connectivity index (χ1v) is 11.5. The zero-order chi connectivity index (χ0) is 23.7. The first kappa shape index (κ1) is 21.9. The number of fused-ring (bicyclic) bond motifs is 1. The van der Waals surface area contributed by atoms with E-state index in [1.807, 2.05) is 60.3 Å². The van der Waals surface area contributed by atoms with Gasteiger partial charge in [0, 0.05) is 37.0 Å². The highest BCUT2D eigenvalue weighted by Crippen LogP contribution is 2.31. The smallest absolute Gasteiger partial charge is 0.321 e. The van der Waals surface area contributed by atoms with Gasteiger partial charge in [0.2, 0.25) is 6.41 Å². The molecule has 3 aromatic rings. The number of rotatable bonds is 8. The molecule has 34 heavy (non-hydrogen) atoms. The summed E-state index contributed by atoms with van der Waals surface area (Å²) in [7, 11) is 0. The molecule has 1 fully saturated rings. The number of aromatic nitrogens is 2. The standard InChI is InChI=1S/C26H27N5O3/c1-17-2-5-21-13-30(25(33)23(21)10-17)15-24(29-26(34)27-16-32)20-8-6-19(7-9-20)22-11-28-31(14-22)12-18-3-4-18/h2,5-11,14,16,18,24H,3-4,12-13,15H2,1H3,(H2,27,29,32,34)/t24-/m0/s1. The van der Waals surface area contributed by atoms with E-state index in [2.05, 4.69) is 21.9 Å². The van der Waals surface area contributed by atoms with Gasteiger partial charge in [-0.05, 0) is 48.4 Å². The molecule has 4 amide bonds. The Morgan fingerprint density at radius 1 is 1.18 bits per heavy atom. The second-order valence-corrected chi connectivity index (χ2v) is 9.15. The fraction of sp³-hybridized carbons (Fsp3) is 0.308. The van der Waals surface area contributed by atoms with E-state index in [-0.39, 0.29) is 12.5 Å². The lowest BCUT2D eigenvalue weighted by Crippen LogP contribution is -2.42. The number of urea groups is 1. The summed E-state index contributed by atoms with van der Waals surface area (Å²) < 4.78 is 1.99. The Morgan fingerprint density at radius 2 is 1.97 bits per heavy atom. The molecule has 0 bridgehead atoms. The molecule has 0 saturated heterocycles. The number of nitrogens with one attached hydrogen (secondary N) is 2. The fourth-order valence-corrected chi connectivity index (χ4v) is 4.42. The SMILES string of the molecule is Cc1ccc2c(c1)C(=O)N(C[C@H](NC(=O)NC=O)c1ccc(-c3cnn(CC4CC4)c3)cc1)C2. The van der Waals surface area contributed by atoms with Crippen LogP contribution in [0.5, 0.6) is 0 Å². The zero-order valence-electron chi connectivity index (χ0n) is 19.0. The van der Waals surface area contributed by atoms with Crippen LogP contribution in [0.1, 0.15) is 45.9 Å². The highest BCUT2D eigenvalue weighted by molar-refractivity contribution is 5.98. The summed E-state index contributed by atoms with van der Waals surface area (Å²) >= 11 is 0. The topological polar surface area (TPSA) is 96.3 Å². The molecular formula is C26H27N5O3. The van der Waals surface area contributed by atoms with Crippen LogP contribution in [0.25, 0.3) is 11.1 Å². The van der Waals surface area contributed by atoms with Crippen LogP contribution in [0.4, 0.5) is 4.79 Å². The predicted molar refractivity (Wildman–Crippen MR) is 127 cm³/mol. The largest absolute Gasteiger partial charge is 0.332 e. The lowest BCUT2D eigenvalue weighted by molar-refractivity contribution is -0.108. The summed E-state index contributed by atoms with van der Waals surface area (Å²) in [4.78, 5) is 37.6. The maximum Gasteiger partial charge on any atom is 0.321 e. The Hall–Kier alpha value is -3.94. The first-order chi connectivity index (χ1) is 16.5. The number of hydrogen-bond donors (Lipinski definition) is 2. The monoisotopic (exact) mass is 457 g/mol. The number of carbonyl (C=O) groups excluding carboxylic acids is 3. The molecule has 1 aliphatic carbocycles. The molecule has 2 aliphatic rings. The second kappa shape index (κ2) is 9.13. The summed E-state index contributed by atoms with van der Waals surface area (Å²) in [6.45, 7) is 3.70. The number of amides is 4. The summed E-state index contributed by atoms with van der Waals surface area (Å²) in [5.74, 6) is 0.698. The Morgan fingerprint density at radius 3 is 2.71 bits per heavy atom. The number of aryl methyl sites for hydroxylation is 1. The van der Waals surface area contributed by atoms with Gasteiger partial charge in [-0.3, -0.25) is 19.6 Å². The van der Waals surface area contributed by atoms with Crippen molar-refractivity contribution in [1.82, 2.24) is 25.3 Å². The summed E-state index contributed by atoms with van der Waals surface area (Å²) in [5.41, 5.74) is 5.62. The van der Waals surface area contributed by atoms with Crippen molar-refractivity contribution in [1.29, 1.82) is 0 Å². The molecule has 1 saturated carbocycles. The minimum absolute atomic E-state index is 0.0546. The number of benzene rings is 2. The van der Waals surface area contributed by atoms with E-state index in [4.69, 9.17) is 0 Å². The van der Waals surface area contributed by atoms with Crippen LogP contribution < -0.4 is 10.6 Å². The molecule has 2 heterocycles. The van der Waals surface area contributed by atoms with E-state index in [9.17, 15) is 14.4 Å². The number of hydrogen-bond acceptors (Lipinski definition) is 4. The van der Waals surface area contributed by atoms with Gasteiger partial charge >= 0.3 is 6.03 Å². The van der Waals surface area contributed by atoms with Crippen LogP contribution >= 0.6 is 0 Å². The number of carbonyl (C=O) groups is 3. The van der Waals surface area contributed by atoms with E-state index in [1.165, 1.54) is 12.8 Å². The van der Waals surface area contributed by atoms with Crippen molar-refractivity contribution in [2.45, 2.75) is 38.9 Å². The molecule has 8 heteroatoms. The fourth-order valence-electron chi connectivity index (χ4n) is 4.42. The average molecular weight is 458 g/mol. The van der Waals surface area contributed by atoms with Crippen molar-refractivity contribution >= 4 is 18.3 Å². The Balaban J connectivity index is 1.34. The maximum absolute atomic E-state index is 13.0. The van der Waals surface area contributed by atoms with Crippen LogP contribution in [-0.2, 0) is 17.9 Å². The lowest BCUT2D eigenvalue weighted by atomic mass is 10.0. The summed E-state index contributed by atoms with van der Waals surface area (Å²) in [6, 6.07) is 12.6. The molecule has 1 aliphatic heterocycles. The van der Waals surface area contributed by atoms with Gasteiger partial charge in [-0.2, -0.15) is 5.10 Å². The predicted octanol–water partition coefficient (Wildman–Crippen LogP) is 3.42. The van der Waals surface area contributed by atoms with Crippen LogP contribution in [0.3, 0.4) is 0 Å². The van der Waals surface area contributed by atoms with E-state index in [0.717, 1.165) is 40.3 Å². The first-order valence-electron chi connectivity index (χ1n) is 11.5. The number of nitrogens with zero attached hydrogens (tertiary/aromatic N) is 3. The molecule has 2 aromatic carbocycles. The van der Waals surface area contributed by atoms with Gasteiger partial charge in [-0.25, -0.2) is 4.79 Å². The third-order valence-electron chi connectivity index (χ3n) is 6.46. The molecule has 174 valence electrons. The lowest BCUT2D eigenvalue weighted by Gasteiger charge is -2.25. The van der Waals surface area contributed by atoms with Crippen LogP contribution in [0.2, 0.25) is 0 Å². The van der Waals surface area contributed by atoms with Gasteiger partial charge in [0.25, 0.3) is 5.91 Å². The molecule has 1 atom stereocenters. The zero-order valence-corrected chi connectivity index (χ0v) is 19.0. The van der Waals surface area contributed by atoms with Gasteiger partial charge in [-0.1, -0.05) is 42.0 Å². The molecular weight excluding hydrogens is 430 g/mol. The van der Waals surface area contributed by atoms with Crippen molar-refractivity contribution in [2.75, 3.05) is 6.54 Å². The minimum atomic E-state index is -0.606. The molecule has 8 nitrogen and oxygen atoms in total. The van der Waals surface area contributed by atoms with Crippen LogP contribution in [0.15, 0.2) is 54.9 Å². The van der Waals surface area contributed by atoms with Crippen molar-refractivity contribution in [3.63, 3.8) is 0 Å². The third kappa shape index (κ3) is 4.71. The Kier molecular flexibility index (Phi) is 5.88. The highest BCUT2D eigenvalue weighted by atomic mass is 16.2. The second-order valence-electron chi connectivity index (χ2n) is 9.15. The highest BCUT2D eigenvalue weighted by Gasteiger charge is 2.30. The normalized spacial score (nSPS) is 15.7. The van der Waals surface area contributed by atoms with Gasteiger partial charge in [0.05, 0.1) is 12.2 Å². The third-order valence-corrected chi connectivity index (χ3v) is 6.46. The molecule has 5 rings (SSSR count). The van der Waals surface area contributed by atoms with E-state index < -0.39 is 12.1 Å². The Bertz CT molecular complexity index is 1230. The number of imide groups is 1. The molecule has 0 unspecified atom stereocenters. The van der Waals surface area contributed by atoms with Crippen molar-refractivity contribution in [3.05, 3.63) is 77.1 Å². The maximum atomic E-state index is 13.0. The van der Waals surface area contributed by atoms with Gasteiger partial charge < -0.3 is 10.2 Å². The van der Waals surface area contributed by atoms with E-state index >= 15 is 0 Å². The van der Waals surface area contributed by atoms with Gasteiger partial charge in [0.1, 0.15) is 0 Å². The molecule has 0 spiro atoms. The minimum Gasteiger partial charge on any atom is -0.332 e. The summed E-state index contributed by atoms with van der Waals surface area (Å²) in [5, 5.41) is 9.41. The quantitative estimate of drug-likeness (QED) is 0.507. The van der Waals surface area contributed by atoms with E-state index in [0.29, 0.717) is 18.5 Å². The Labute approximate surface area is 197 Å². The van der Waals surface area contributed by atoms with E-state index in [1.54, 1.807) is 4.90 Å². The van der Waals surface area contributed by atoms with Gasteiger partial charge in [0.15, 0.2) is 0 Å². The van der Waals surface area contributed by atoms with Crippen molar-refractivity contribution in [2.24, 2.45) is 5.92 Å². The molecule has 1 aromatic heterocycles. The average Bonchev–Trinajstić information content (AvgIpc) is 3.43. The van der Waals surface area contributed by atoms with Gasteiger partial charge in [-0.15, -0.1) is 0 Å². The summed E-state index contributed by atoms with van der Waals surface area (Å²) in [6.07, 6.45) is 6.82. The molecule has 0 radical (unpaired) electrons. The molecule has 2 N–H and O–H groups in total. The van der Waals surface area contributed by atoms with Crippen LogP contribution in [-0.4, -0.2) is 39.6 Å². The van der Waals surface area contributed by atoms with Crippen LogP contribution in [0, 0.1) is 12.8 Å².